The molecule has 0 aliphatic heterocycles. The van der Waals surface area contributed by atoms with E-state index in [1.165, 1.54) is 17.2 Å². The number of benzene rings is 2. The largest absolute Gasteiger partial charge is 0.491 e. The molecule has 0 saturated carbocycles. The maximum atomic E-state index is 13.5. The lowest BCUT2D eigenvalue weighted by molar-refractivity contribution is 0.296. The molecular weight excluding hydrogens is 478 g/mol. The molecule has 9 heteroatoms. The summed E-state index contributed by atoms with van der Waals surface area (Å²) in [6.45, 7) is 4.29. The summed E-state index contributed by atoms with van der Waals surface area (Å²) in [4.78, 5) is 18.1. The molecule has 2 heterocycles. The van der Waals surface area contributed by atoms with Crippen molar-refractivity contribution in [2.45, 2.75) is 26.3 Å². The van der Waals surface area contributed by atoms with Crippen LogP contribution in [0.3, 0.4) is 0 Å². The van der Waals surface area contributed by atoms with Crippen molar-refractivity contribution in [1.29, 1.82) is 0 Å². The van der Waals surface area contributed by atoms with Gasteiger partial charge in [0.2, 0.25) is 0 Å². The Morgan fingerprint density at radius 2 is 1.78 bits per heavy atom. The number of pyridine rings is 1. The van der Waals surface area contributed by atoms with Crippen LogP contribution in [0.25, 0.3) is 22.2 Å². The molecule has 0 radical (unpaired) electrons. The van der Waals surface area contributed by atoms with E-state index in [2.05, 4.69) is 24.0 Å². The summed E-state index contributed by atoms with van der Waals surface area (Å²) in [5.74, 6) is 0.392. The average Bonchev–Trinajstić information content (AvgIpc) is 3.11. The van der Waals surface area contributed by atoms with Gasteiger partial charge in [0.25, 0.3) is 5.88 Å². The van der Waals surface area contributed by atoms with Crippen LogP contribution >= 0.6 is 0 Å². The SMILES string of the molecule is CCOc1nc(C(CS(C)(=O)=O)n2c(=O)n(C)c3cc(-c4ccccc4CC)ccc32)ccc1OC. The third-order valence-corrected chi connectivity index (χ3v) is 7.18. The smallest absolute Gasteiger partial charge is 0.329 e. The zero-order chi connectivity index (χ0) is 26.0. The molecule has 4 aromatic rings. The minimum absolute atomic E-state index is 0.253. The fourth-order valence-electron chi connectivity index (χ4n) is 4.54. The van der Waals surface area contributed by atoms with Gasteiger partial charge in [-0.25, -0.2) is 18.2 Å². The molecule has 8 nitrogen and oxygen atoms in total. The normalized spacial score (nSPS) is 12.6. The zero-order valence-electron chi connectivity index (χ0n) is 21.2. The number of aromatic nitrogens is 3. The Bertz CT molecular complexity index is 1570. The number of aryl methyl sites for hydroxylation is 2. The van der Waals surface area contributed by atoms with E-state index in [0.29, 0.717) is 29.1 Å². The monoisotopic (exact) mass is 509 g/mol. The Hall–Kier alpha value is -3.59. The molecular formula is C27H31N3O5S. The molecule has 0 N–H and O–H groups in total. The van der Waals surface area contributed by atoms with Crippen LogP contribution in [-0.2, 0) is 23.3 Å². The lowest BCUT2D eigenvalue weighted by atomic mass is 9.98. The number of fused-ring (bicyclic) bond motifs is 1. The van der Waals surface area contributed by atoms with Gasteiger partial charge in [-0.15, -0.1) is 0 Å². The predicted octanol–water partition coefficient (Wildman–Crippen LogP) is 4.01. The van der Waals surface area contributed by atoms with E-state index in [1.54, 1.807) is 23.7 Å². The molecule has 0 bridgehead atoms. The highest BCUT2D eigenvalue weighted by Gasteiger charge is 2.27. The molecule has 1 unspecified atom stereocenters. The van der Waals surface area contributed by atoms with Crippen LogP contribution in [0, 0.1) is 0 Å². The van der Waals surface area contributed by atoms with Gasteiger partial charge < -0.3 is 9.47 Å². The van der Waals surface area contributed by atoms with Gasteiger partial charge in [0.15, 0.2) is 5.75 Å². The van der Waals surface area contributed by atoms with E-state index in [-0.39, 0.29) is 17.3 Å². The predicted molar refractivity (Wildman–Crippen MR) is 142 cm³/mol. The molecule has 36 heavy (non-hydrogen) atoms. The molecule has 2 aromatic heterocycles. The third-order valence-electron chi connectivity index (χ3n) is 6.26. The third kappa shape index (κ3) is 4.88. The van der Waals surface area contributed by atoms with Crippen LogP contribution in [0.4, 0.5) is 0 Å². The van der Waals surface area contributed by atoms with Gasteiger partial charge in [-0.2, -0.15) is 0 Å². The van der Waals surface area contributed by atoms with Crippen LogP contribution in [0.5, 0.6) is 11.6 Å². The second-order valence-electron chi connectivity index (χ2n) is 8.71. The van der Waals surface area contributed by atoms with Crippen molar-refractivity contribution in [1.82, 2.24) is 14.1 Å². The fourth-order valence-corrected chi connectivity index (χ4v) is 5.44. The summed E-state index contributed by atoms with van der Waals surface area (Å²) in [6.07, 6.45) is 2.04. The van der Waals surface area contributed by atoms with Gasteiger partial charge >= 0.3 is 5.69 Å². The maximum Gasteiger partial charge on any atom is 0.329 e. The van der Waals surface area contributed by atoms with Crippen LogP contribution < -0.4 is 15.2 Å². The summed E-state index contributed by atoms with van der Waals surface area (Å²) in [6, 6.07) is 16.5. The molecule has 0 fully saturated rings. The number of imidazole rings is 1. The van der Waals surface area contributed by atoms with E-state index in [1.807, 2.05) is 37.3 Å². The van der Waals surface area contributed by atoms with Gasteiger partial charge in [0.05, 0.1) is 42.2 Å². The van der Waals surface area contributed by atoms with Crippen molar-refractivity contribution in [2.75, 3.05) is 25.7 Å². The highest BCUT2D eigenvalue weighted by molar-refractivity contribution is 7.90. The number of methoxy groups -OCH3 is 1. The molecule has 0 amide bonds. The lowest BCUT2D eigenvalue weighted by Crippen LogP contribution is -2.31. The Morgan fingerprint density at radius 1 is 1.03 bits per heavy atom. The minimum atomic E-state index is -3.48. The second-order valence-corrected chi connectivity index (χ2v) is 10.9. The van der Waals surface area contributed by atoms with Crippen LogP contribution in [0.15, 0.2) is 59.4 Å². The first-order valence-electron chi connectivity index (χ1n) is 11.8. The van der Waals surface area contributed by atoms with Gasteiger partial charge in [-0.3, -0.25) is 9.13 Å². The maximum absolute atomic E-state index is 13.5. The minimum Gasteiger partial charge on any atom is -0.491 e. The van der Waals surface area contributed by atoms with Crippen molar-refractivity contribution in [2.24, 2.45) is 7.05 Å². The van der Waals surface area contributed by atoms with E-state index >= 15 is 0 Å². The van der Waals surface area contributed by atoms with E-state index in [0.717, 1.165) is 23.8 Å². The van der Waals surface area contributed by atoms with Crippen LogP contribution in [0.1, 0.15) is 31.1 Å². The number of ether oxygens (including phenoxy) is 2. The van der Waals surface area contributed by atoms with Gasteiger partial charge in [0, 0.05) is 13.3 Å². The number of hydrogen-bond acceptors (Lipinski definition) is 6. The molecule has 0 saturated heterocycles. The summed E-state index contributed by atoms with van der Waals surface area (Å²) >= 11 is 0. The summed E-state index contributed by atoms with van der Waals surface area (Å²) in [7, 11) is -0.272. The van der Waals surface area contributed by atoms with Gasteiger partial charge in [0.1, 0.15) is 9.84 Å². The van der Waals surface area contributed by atoms with Gasteiger partial charge in [-0.1, -0.05) is 37.3 Å². The number of nitrogens with zero attached hydrogens (tertiary/aromatic N) is 3. The van der Waals surface area contributed by atoms with E-state index < -0.39 is 15.9 Å². The van der Waals surface area contributed by atoms with E-state index in [9.17, 15) is 13.2 Å². The van der Waals surface area contributed by atoms with Crippen molar-refractivity contribution in [3.05, 3.63) is 76.3 Å². The fraction of sp³-hybridized carbons (Fsp3) is 0.333. The number of hydrogen-bond donors (Lipinski definition) is 0. The first-order chi connectivity index (χ1) is 17.2. The second kappa shape index (κ2) is 10.2. The van der Waals surface area contributed by atoms with Crippen molar-refractivity contribution < 1.29 is 17.9 Å². The van der Waals surface area contributed by atoms with Crippen molar-refractivity contribution in [3.8, 4) is 22.8 Å². The Balaban J connectivity index is 1.94. The van der Waals surface area contributed by atoms with Crippen molar-refractivity contribution in [3.63, 3.8) is 0 Å². The summed E-state index contributed by atoms with van der Waals surface area (Å²) < 4.78 is 39.0. The zero-order valence-corrected chi connectivity index (χ0v) is 22.0. The average molecular weight is 510 g/mol. The summed E-state index contributed by atoms with van der Waals surface area (Å²) in [5.41, 5.74) is 4.73. The van der Waals surface area contributed by atoms with Crippen molar-refractivity contribution >= 4 is 20.9 Å². The molecule has 0 spiro atoms. The quantitative estimate of drug-likeness (QED) is 0.339. The van der Waals surface area contributed by atoms with E-state index in [4.69, 9.17) is 9.47 Å². The van der Waals surface area contributed by atoms with Crippen LogP contribution in [-0.4, -0.2) is 48.3 Å². The molecule has 4 rings (SSSR count). The molecule has 0 aliphatic rings. The summed E-state index contributed by atoms with van der Waals surface area (Å²) in [5, 5.41) is 0. The molecule has 2 aromatic carbocycles. The number of rotatable bonds is 9. The topological polar surface area (TPSA) is 92.4 Å². The Labute approximate surface area is 211 Å². The highest BCUT2D eigenvalue weighted by atomic mass is 32.2. The molecule has 190 valence electrons. The number of sulfone groups is 1. The highest BCUT2D eigenvalue weighted by Crippen LogP contribution is 2.32. The molecule has 1 atom stereocenters. The first-order valence-corrected chi connectivity index (χ1v) is 13.9. The molecule has 0 aliphatic carbocycles. The Morgan fingerprint density at radius 3 is 2.44 bits per heavy atom. The lowest BCUT2D eigenvalue weighted by Gasteiger charge is -2.19. The Kier molecular flexibility index (Phi) is 7.21. The van der Waals surface area contributed by atoms with Gasteiger partial charge in [-0.05, 0) is 54.3 Å². The first kappa shape index (κ1) is 25.5. The van der Waals surface area contributed by atoms with Crippen LogP contribution in [0.2, 0.25) is 0 Å². The standard InChI is InChI=1S/C27H31N3O5S/c1-6-18-10-8-9-11-20(18)19-12-14-22-23(16-19)29(3)27(31)30(22)24(17-36(5,32)33)21-13-15-25(34-4)26(28-21)35-7-2/h8-16,24H,6-7,17H2,1-5H3.